The molecule has 4 heteroatoms. The Morgan fingerprint density at radius 3 is 2.71 bits per heavy atom. The van der Waals surface area contributed by atoms with Gasteiger partial charge in [-0.15, -0.1) is 0 Å². The zero-order valence-corrected chi connectivity index (χ0v) is 11.2. The minimum Gasteiger partial charge on any atom is -0.444 e. The molecule has 1 N–H and O–H groups in total. The Morgan fingerprint density at radius 2 is 2.18 bits per heavy atom. The van der Waals surface area contributed by atoms with Crippen LogP contribution in [0.5, 0.6) is 0 Å². The quantitative estimate of drug-likeness (QED) is 0.763. The second-order valence-corrected chi connectivity index (χ2v) is 6.11. The van der Waals surface area contributed by atoms with Gasteiger partial charge in [0, 0.05) is 6.04 Å². The third-order valence-electron chi connectivity index (χ3n) is 2.97. The van der Waals surface area contributed by atoms with Crippen molar-refractivity contribution in [3.05, 3.63) is 0 Å². The molecule has 0 aromatic heterocycles. The molecule has 0 unspecified atom stereocenters. The number of nitrogens with zero attached hydrogens (tertiary/aromatic N) is 1. The Kier molecular flexibility index (Phi) is 4.03. The molecule has 96 valence electrons. The zero-order chi connectivity index (χ0) is 13.1. The Labute approximate surface area is 103 Å². The van der Waals surface area contributed by atoms with Crippen molar-refractivity contribution >= 4 is 6.09 Å². The summed E-state index contributed by atoms with van der Waals surface area (Å²) in [7, 11) is 0. The van der Waals surface area contributed by atoms with Crippen LogP contribution >= 0.6 is 0 Å². The molecule has 0 spiro atoms. The van der Waals surface area contributed by atoms with Gasteiger partial charge in [-0.3, -0.25) is 0 Å². The molecule has 1 fully saturated rings. The van der Waals surface area contributed by atoms with Crippen LogP contribution in [0.3, 0.4) is 0 Å². The third kappa shape index (κ3) is 4.64. The lowest BCUT2D eigenvalue weighted by atomic mass is 9.75. The van der Waals surface area contributed by atoms with Gasteiger partial charge in [0.05, 0.1) is 11.5 Å². The Hall–Kier alpha value is -1.24. The standard InChI is InChI=1S/C13H22N2O2/c1-12(2,3)17-11(16)15-10-6-5-7-13(4,8-10)9-14/h10H,5-8H2,1-4H3,(H,15,16)/t10-,13-/m0/s1. The molecule has 1 aliphatic carbocycles. The molecular weight excluding hydrogens is 216 g/mol. The van der Waals surface area contributed by atoms with Crippen molar-refractivity contribution in [2.45, 2.75) is 65.0 Å². The third-order valence-corrected chi connectivity index (χ3v) is 2.97. The van der Waals surface area contributed by atoms with Crippen molar-refractivity contribution in [3.8, 4) is 6.07 Å². The van der Waals surface area contributed by atoms with Crippen LogP contribution < -0.4 is 5.32 Å². The molecule has 0 heterocycles. The molecule has 2 atom stereocenters. The average molecular weight is 238 g/mol. The number of nitriles is 1. The Morgan fingerprint density at radius 1 is 1.53 bits per heavy atom. The molecule has 1 aliphatic rings. The maximum Gasteiger partial charge on any atom is 0.407 e. The number of nitrogens with one attached hydrogen (secondary N) is 1. The van der Waals surface area contributed by atoms with E-state index in [-0.39, 0.29) is 17.6 Å². The summed E-state index contributed by atoms with van der Waals surface area (Å²) in [6, 6.07) is 2.40. The first-order valence-electron chi connectivity index (χ1n) is 6.15. The van der Waals surface area contributed by atoms with Crippen LogP contribution in [0.1, 0.15) is 53.4 Å². The number of hydrogen-bond acceptors (Lipinski definition) is 3. The molecular formula is C13H22N2O2. The second kappa shape index (κ2) is 4.95. The lowest BCUT2D eigenvalue weighted by Crippen LogP contribution is -2.43. The van der Waals surface area contributed by atoms with Crippen LogP contribution in [0, 0.1) is 16.7 Å². The number of carbonyl (C=O) groups excluding carboxylic acids is 1. The molecule has 0 saturated heterocycles. The number of amides is 1. The lowest BCUT2D eigenvalue weighted by molar-refractivity contribution is 0.0477. The van der Waals surface area contributed by atoms with Gasteiger partial charge in [0.25, 0.3) is 0 Å². The summed E-state index contributed by atoms with van der Waals surface area (Å²) in [5.41, 5.74) is -0.783. The van der Waals surface area contributed by atoms with Crippen molar-refractivity contribution in [1.29, 1.82) is 5.26 Å². The largest absolute Gasteiger partial charge is 0.444 e. The molecule has 0 aromatic rings. The number of carbonyl (C=O) groups is 1. The number of ether oxygens (including phenoxy) is 1. The highest BCUT2D eigenvalue weighted by Gasteiger charge is 2.33. The van der Waals surface area contributed by atoms with Gasteiger partial charge in [-0.25, -0.2) is 4.79 Å². The first kappa shape index (κ1) is 13.8. The van der Waals surface area contributed by atoms with E-state index in [4.69, 9.17) is 10.00 Å². The molecule has 1 amide bonds. The van der Waals surface area contributed by atoms with Crippen LogP contribution in [0.15, 0.2) is 0 Å². The molecule has 1 saturated carbocycles. The van der Waals surface area contributed by atoms with Crippen molar-refractivity contribution < 1.29 is 9.53 Å². The van der Waals surface area contributed by atoms with Gasteiger partial charge in [-0.05, 0) is 53.4 Å². The van der Waals surface area contributed by atoms with E-state index in [0.717, 1.165) is 19.3 Å². The van der Waals surface area contributed by atoms with Crippen LogP contribution in [0.2, 0.25) is 0 Å². The minimum absolute atomic E-state index is 0.0586. The normalized spacial score (nSPS) is 29.2. The second-order valence-electron chi connectivity index (χ2n) is 6.11. The van der Waals surface area contributed by atoms with E-state index < -0.39 is 5.60 Å². The van der Waals surface area contributed by atoms with Crippen molar-refractivity contribution in [3.63, 3.8) is 0 Å². The number of alkyl carbamates (subject to hydrolysis) is 1. The first-order chi connectivity index (χ1) is 7.74. The van der Waals surface area contributed by atoms with Crippen LogP contribution in [0.25, 0.3) is 0 Å². The van der Waals surface area contributed by atoms with Crippen LogP contribution in [-0.2, 0) is 4.74 Å². The molecule has 0 aliphatic heterocycles. The Bertz CT molecular complexity index is 327. The maximum atomic E-state index is 11.6. The summed E-state index contributed by atoms with van der Waals surface area (Å²) in [4.78, 5) is 11.6. The van der Waals surface area contributed by atoms with E-state index in [2.05, 4.69) is 11.4 Å². The van der Waals surface area contributed by atoms with E-state index in [1.807, 2.05) is 27.7 Å². The topological polar surface area (TPSA) is 62.1 Å². The SMILES string of the molecule is CC(C)(C)OC(=O)N[C@H]1CCC[C@](C)(C#N)C1. The van der Waals surface area contributed by atoms with Crippen LogP contribution in [-0.4, -0.2) is 17.7 Å². The predicted octanol–water partition coefficient (Wildman–Crippen LogP) is 2.98. The van der Waals surface area contributed by atoms with Crippen molar-refractivity contribution in [2.24, 2.45) is 5.41 Å². The van der Waals surface area contributed by atoms with E-state index >= 15 is 0 Å². The molecule has 0 radical (unpaired) electrons. The fourth-order valence-electron chi connectivity index (χ4n) is 2.19. The molecule has 17 heavy (non-hydrogen) atoms. The van der Waals surface area contributed by atoms with Gasteiger partial charge in [0.2, 0.25) is 0 Å². The average Bonchev–Trinajstić information content (AvgIpc) is 2.14. The van der Waals surface area contributed by atoms with Crippen molar-refractivity contribution in [1.82, 2.24) is 5.32 Å². The van der Waals surface area contributed by atoms with Crippen molar-refractivity contribution in [2.75, 3.05) is 0 Å². The zero-order valence-electron chi connectivity index (χ0n) is 11.2. The summed E-state index contributed by atoms with van der Waals surface area (Å²) < 4.78 is 5.21. The van der Waals surface area contributed by atoms with Gasteiger partial charge in [0.1, 0.15) is 5.60 Å². The van der Waals surface area contributed by atoms with Gasteiger partial charge in [-0.1, -0.05) is 0 Å². The van der Waals surface area contributed by atoms with E-state index in [0.29, 0.717) is 6.42 Å². The van der Waals surface area contributed by atoms with Gasteiger partial charge >= 0.3 is 6.09 Å². The highest BCUT2D eigenvalue weighted by atomic mass is 16.6. The van der Waals surface area contributed by atoms with E-state index in [9.17, 15) is 4.79 Å². The molecule has 0 bridgehead atoms. The fraction of sp³-hybridized carbons (Fsp3) is 0.846. The van der Waals surface area contributed by atoms with Gasteiger partial charge in [-0.2, -0.15) is 5.26 Å². The predicted molar refractivity (Wildman–Crippen MR) is 65.3 cm³/mol. The van der Waals surface area contributed by atoms with Gasteiger partial charge < -0.3 is 10.1 Å². The summed E-state index contributed by atoms with van der Waals surface area (Å²) in [6.07, 6.45) is 3.14. The van der Waals surface area contributed by atoms with Crippen LogP contribution in [0.4, 0.5) is 4.79 Å². The molecule has 1 rings (SSSR count). The lowest BCUT2D eigenvalue weighted by Gasteiger charge is -2.33. The monoisotopic (exact) mass is 238 g/mol. The summed E-state index contributed by atoms with van der Waals surface area (Å²) >= 11 is 0. The first-order valence-corrected chi connectivity index (χ1v) is 6.15. The summed E-state index contributed by atoms with van der Waals surface area (Å²) in [5, 5.41) is 11.9. The van der Waals surface area contributed by atoms with E-state index in [1.54, 1.807) is 0 Å². The molecule has 0 aromatic carbocycles. The number of hydrogen-bond donors (Lipinski definition) is 1. The fourth-order valence-corrected chi connectivity index (χ4v) is 2.19. The summed E-state index contributed by atoms with van der Waals surface area (Å²) in [6.45, 7) is 7.47. The summed E-state index contributed by atoms with van der Waals surface area (Å²) in [5.74, 6) is 0. The number of rotatable bonds is 1. The van der Waals surface area contributed by atoms with E-state index in [1.165, 1.54) is 0 Å². The van der Waals surface area contributed by atoms with Gasteiger partial charge in [0.15, 0.2) is 0 Å². The highest BCUT2D eigenvalue weighted by Crippen LogP contribution is 2.35. The Balaban J connectivity index is 2.48. The minimum atomic E-state index is -0.475. The highest BCUT2D eigenvalue weighted by molar-refractivity contribution is 5.68. The molecule has 4 nitrogen and oxygen atoms in total. The maximum absolute atomic E-state index is 11.6. The smallest absolute Gasteiger partial charge is 0.407 e.